The number of nitrogens with one attached hydrogen (secondary N) is 1. The predicted octanol–water partition coefficient (Wildman–Crippen LogP) is 2.34. The molecule has 0 aliphatic carbocycles. The number of pyridine rings is 1. The number of carbonyl (C=O) groups is 2. The monoisotopic (exact) mass is 256 g/mol. The normalized spacial score (nSPS) is 9.95. The van der Waals surface area contributed by atoms with Crippen molar-refractivity contribution in [3.05, 3.63) is 59.3 Å². The lowest BCUT2D eigenvalue weighted by molar-refractivity contribution is 0.0690. The van der Waals surface area contributed by atoms with Crippen LogP contribution in [0.4, 0.5) is 5.82 Å². The van der Waals surface area contributed by atoms with Crippen LogP contribution in [0.3, 0.4) is 0 Å². The molecule has 0 atom stereocenters. The molecule has 0 bridgehead atoms. The van der Waals surface area contributed by atoms with Crippen LogP contribution in [0.25, 0.3) is 0 Å². The van der Waals surface area contributed by atoms with E-state index < -0.39 is 5.97 Å². The molecule has 1 aromatic heterocycles. The Bertz CT molecular complexity index is 621. The van der Waals surface area contributed by atoms with Crippen molar-refractivity contribution < 1.29 is 14.7 Å². The number of carboxylic acids is 1. The van der Waals surface area contributed by atoms with Gasteiger partial charge in [0.1, 0.15) is 5.82 Å². The van der Waals surface area contributed by atoms with Crippen LogP contribution in [-0.2, 0) is 0 Å². The van der Waals surface area contributed by atoms with Crippen molar-refractivity contribution in [2.75, 3.05) is 5.32 Å². The van der Waals surface area contributed by atoms with E-state index in [1.54, 1.807) is 18.2 Å². The number of hydrogen-bond acceptors (Lipinski definition) is 3. The zero-order valence-corrected chi connectivity index (χ0v) is 10.3. The average molecular weight is 256 g/mol. The van der Waals surface area contributed by atoms with E-state index in [1.807, 2.05) is 19.1 Å². The van der Waals surface area contributed by atoms with Gasteiger partial charge in [-0.3, -0.25) is 4.79 Å². The molecule has 1 heterocycles. The smallest absolute Gasteiger partial charge is 0.354 e. The average Bonchev–Trinajstić information content (AvgIpc) is 2.39. The predicted molar refractivity (Wildman–Crippen MR) is 70.3 cm³/mol. The van der Waals surface area contributed by atoms with E-state index in [0.717, 1.165) is 5.56 Å². The summed E-state index contributed by atoms with van der Waals surface area (Å²) in [5.74, 6) is -1.24. The van der Waals surface area contributed by atoms with Gasteiger partial charge in [0.15, 0.2) is 5.69 Å². The van der Waals surface area contributed by atoms with Gasteiger partial charge in [0.2, 0.25) is 0 Å². The first-order valence-electron chi connectivity index (χ1n) is 5.64. The summed E-state index contributed by atoms with van der Waals surface area (Å²) in [7, 11) is 0. The van der Waals surface area contributed by atoms with Crippen LogP contribution in [0.1, 0.15) is 26.4 Å². The maximum atomic E-state index is 11.9. The molecule has 1 amide bonds. The number of benzene rings is 1. The molecule has 19 heavy (non-hydrogen) atoms. The van der Waals surface area contributed by atoms with Crippen LogP contribution in [-0.4, -0.2) is 22.0 Å². The molecule has 1 aromatic carbocycles. The molecule has 0 spiro atoms. The quantitative estimate of drug-likeness (QED) is 0.883. The first kappa shape index (κ1) is 12.8. The Labute approximate surface area is 109 Å². The van der Waals surface area contributed by atoms with Gasteiger partial charge in [-0.05, 0) is 31.2 Å². The third-order valence-corrected chi connectivity index (χ3v) is 2.52. The maximum absolute atomic E-state index is 11.9. The molecule has 2 aromatic rings. The van der Waals surface area contributed by atoms with Crippen LogP contribution in [0.2, 0.25) is 0 Å². The maximum Gasteiger partial charge on any atom is 0.354 e. The number of aryl methyl sites for hydroxylation is 1. The minimum atomic E-state index is -1.13. The second kappa shape index (κ2) is 5.30. The molecule has 2 N–H and O–H groups in total. The summed E-state index contributed by atoms with van der Waals surface area (Å²) >= 11 is 0. The minimum absolute atomic E-state index is 0.110. The van der Waals surface area contributed by atoms with Gasteiger partial charge in [0.25, 0.3) is 5.91 Å². The van der Waals surface area contributed by atoms with Crippen LogP contribution in [0, 0.1) is 6.92 Å². The number of aromatic carboxylic acids is 1. The van der Waals surface area contributed by atoms with Crippen LogP contribution < -0.4 is 5.32 Å². The Balaban J connectivity index is 2.17. The lowest BCUT2D eigenvalue weighted by Gasteiger charge is -2.05. The van der Waals surface area contributed by atoms with Crippen molar-refractivity contribution in [2.24, 2.45) is 0 Å². The summed E-state index contributed by atoms with van der Waals surface area (Å²) in [5, 5.41) is 11.4. The number of hydrogen-bond donors (Lipinski definition) is 2. The van der Waals surface area contributed by atoms with Gasteiger partial charge in [-0.15, -0.1) is 0 Å². The third kappa shape index (κ3) is 3.16. The molecule has 0 aliphatic heterocycles. The Morgan fingerprint density at radius 2 is 1.79 bits per heavy atom. The molecule has 5 heteroatoms. The van der Waals surface area contributed by atoms with Crippen molar-refractivity contribution in [1.82, 2.24) is 4.98 Å². The van der Waals surface area contributed by atoms with Crippen molar-refractivity contribution in [2.45, 2.75) is 6.92 Å². The third-order valence-electron chi connectivity index (χ3n) is 2.52. The molecule has 0 saturated heterocycles. The second-order valence-electron chi connectivity index (χ2n) is 4.03. The number of nitrogens with zero attached hydrogens (tertiary/aromatic N) is 1. The van der Waals surface area contributed by atoms with Gasteiger partial charge in [-0.25, -0.2) is 9.78 Å². The highest BCUT2D eigenvalue weighted by atomic mass is 16.4. The highest BCUT2D eigenvalue weighted by molar-refractivity contribution is 6.03. The Morgan fingerprint density at radius 3 is 2.42 bits per heavy atom. The first-order chi connectivity index (χ1) is 9.06. The Morgan fingerprint density at radius 1 is 1.11 bits per heavy atom. The summed E-state index contributed by atoms with van der Waals surface area (Å²) in [6.07, 6.45) is 0. The van der Waals surface area contributed by atoms with Gasteiger partial charge in [0, 0.05) is 5.56 Å². The molecule has 96 valence electrons. The lowest BCUT2D eigenvalue weighted by Crippen LogP contribution is -2.14. The first-order valence-corrected chi connectivity index (χ1v) is 5.64. The SMILES string of the molecule is Cc1ccc(C(=O)Nc2cccc(C(=O)O)n2)cc1. The molecule has 5 nitrogen and oxygen atoms in total. The number of carbonyl (C=O) groups excluding carboxylic acids is 1. The van der Waals surface area contributed by atoms with Gasteiger partial charge in [-0.1, -0.05) is 23.8 Å². The van der Waals surface area contributed by atoms with E-state index in [1.165, 1.54) is 12.1 Å². The molecule has 0 aliphatic rings. The van der Waals surface area contributed by atoms with E-state index in [4.69, 9.17) is 5.11 Å². The van der Waals surface area contributed by atoms with Crippen molar-refractivity contribution in [1.29, 1.82) is 0 Å². The van der Waals surface area contributed by atoms with E-state index in [0.29, 0.717) is 5.56 Å². The Hall–Kier alpha value is -2.69. The number of rotatable bonds is 3. The topological polar surface area (TPSA) is 79.3 Å². The molecule has 2 rings (SSSR count). The fourth-order valence-electron chi connectivity index (χ4n) is 1.52. The van der Waals surface area contributed by atoms with E-state index in [9.17, 15) is 9.59 Å². The fraction of sp³-hybridized carbons (Fsp3) is 0.0714. The second-order valence-corrected chi connectivity index (χ2v) is 4.03. The lowest BCUT2D eigenvalue weighted by atomic mass is 10.1. The van der Waals surface area contributed by atoms with E-state index in [-0.39, 0.29) is 17.4 Å². The zero-order chi connectivity index (χ0) is 13.8. The summed E-state index contributed by atoms with van der Waals surface area (Å²) < 4.78 is 0. The van der Waals surface area contributed by atoms with Gasteiger partial charge < -0.3 is 10.4 Å². The molecule has 0 radical (unpaired) electrons. The molecule has 0 saturated carbocycles. The highest BCUT2D eigenvalue weighted by Gasteiger charge is 2.09. The van der Waals surface area contributed by atoms with E-state index in [2.05, 4.69) is 10.3 Å². The number of amides is 1. The van der Waals surface area contributed by atoms with Gasteiger partial charge >= 0.3 is 5.97 Å². The van der Waals surface area contributed by atoms with Gasteiger partial charge in [-0.2, -0.15) is 0 Å². The van der Waals surface area contributed by atoms with Crippen LogP contribution in [0.5, 0.6) is 0 Å². The Kier molecular flexibility index (Phi) is 3.56. The van der Waals surface area contributed by atoms with Crippen LogP contribution in [0.15, 0.2) is 42.5 Å². The minimum Gasteiger partial charge on any atom is -0.477 e. The van der Waals surface area contributed by atoms with E-state index >= 15 is 0 Å². The fourth-order valence-corrected chi connectivity index (χ4v) is 1.52. The summed E-state index contributed by atoms with van der Waals surface area (Å²) in [6, 6.07) is 11.5. The number of anilines is 1. The van der Waals surface area contributed by atoms with Gasteiger partial charge in [0.05, 0.1) is 0 Å². The van der Waals surface area contributed by atoms with Crippen molar-refractivity contribution in [3.63, 3.8) is 0 Å². The zero-order valence-electron chi connectivity index (χ0n) is 10.3. The van der Waals surface area contributed by atoms with Crippen LogP contribution >= 0.6 is 0 Å². The largest absolute Gasteiger partial charge is 0.477 e. The highest BCUT2D eigenvalue weighted by Crippen LogP contribution is 2.09. The van der Waals surface area contributed by atoms with Crippen molar-refractivity contribution in [3.8, 4) is 0 Å². The standard InChI is InChI=1S/C14H12N2O3/c1-9-5-7-10(8-6-9)13(17)16-12-4-2-3-11(15-12)14(18)19/h2-8H,1H3,(H,18,19)(H,15,16,17). The summed E-state index contributed by atoms with van der Waals surface area (Å²) in [4.78, 5) is 26.5. The molecular formula is C14H12N2O3. The van der Waals surface area contributed by atoms with Crippen molar-refractivity contribution >= 4 is 17.7 Å². The molecule has 0 unspecified atom stereocenters. The molecular weight excluding hydrogens is 244 g/mol. The molecule has 0 fully saturated rings. The number of carboxylic acid groups (broad SMARTS) is 1. The summed E-state index contributed by atoms with van der Waals surface area (Å²) in [6.45, 7) is 1.93. The number of aromatic nitrogens is 1. The summed E-state index contributed by atoms with van der Waals surface area (Å²) in [5.41, 5.74) is 1.44.